The van der Waals surface area contributed by atoms with Crippen LogP contribution in [-0.2, 0) is 11.2 Å². The highest BCUT2D eigenvalue weighted by Crippen LogP contribution is 2.42. The second-order valence-electron chi connectivity index (χ2n) is 10.4. The van der Waals surface area contributed by atoms with E-state index in [1.165, 1.54) is 5.56 Å². The maximum Gasteiger partial charge on any atom is 0.275 e. The minimum absolute atomic E-state index is 0. The summed E-state index contributed by atoms with van der Waals surface area (Å²) in [6, 6.07) is 20.2. The highest BCUT2D eigenvalue weighted by molar-refractivity contribution is 5.98. The van der Waals surface area contributed by atoms with Crippen molar-refractivity contribution in [3.05, 3.63) is 78.2 Å². The van der Waals surface area contributed by atoms with Gasteiger partial charge in [-0.15, -0.1) is 12.4 Å². The van der Waals surface area contributed by atoms with Crippen LogP contribution in [0.5, 0.6) is 0 Å². The standard InChI is InChI=1S/C30H38N4O3.ClH/c1-37-19-16-30(36)15-9-8-14-26(30)34-22-32-27(28(34)24-12-6-3-7-13-24)29(35)33-18-17-31-21-25(33)20-23-10-4-2-5-11-23;/h2-7,10-13,22,25-26,31,36H,8-9,14-21H2,1H3;1H/t25-,26+,30?;/m1./s1. The molecule has 7 nitrogen and oxygen atoms in total. The molecule has 0 radical (unpaired) electrons. The third-order valence-corrected chi connectivity index (χ3v) is 8.00. The van der Waals surface area contributed by atoms with Crippen LogP contribution in [0, 0.1) is 0 Å². The molecule has 1 aliphatic heterocycles. The minimum Gasteiger partial charge on any atom is -0.388 e. The molecule has 3 atom stereocenters. The van der Waals surface area contributed by atoms with Crippen LogP contribution in [0.1, 0.15) is 54.2 Å². The van der Waals surface area contributed by atoms with Crippen LogP contribution in [0.25, 0.3) is 11.3 Å². The number of aliphatic hydroxyl groups is 1. The quantitative estimate of drug-likeness (QED) is 0.441. The zero-order valence-electron chi connectivity index (χ0n) is 22.1. The topological polar surface area (TPSA) is 79.6 Å². The van der Waals surface area contributed by atoms with E-state index in [0.29, 0.717) is 31.7 Å². The number of hydrogen-bond donors (Lipinski definition) is 2. The zero-order chi connectivity index (χ0) is 25.7. The molecule has 2 aromatic carbocycles. The van der Waals surface area contributed by atoms with E-state index in [1.54, 1.807) is 13.4 Å². The van der Waals surface area contributed by atoms with Gasteiger partial charge in [0.1, 0.15) is 0 Å². The molecule has 204 valence electrons. The first kappa shape index (κ1) is 28.3. The van der Waals surface area contributed by atoms with Gasteiger partial charge in [-0.1, -0.05) is 73.5 Å². The molecule has 0 bridgehead atoms. The van der Waals surface area contributed by atoms with Crippen molar-refractivity contribution in [1.29, 1.82) is 0 Å². The van der Waals surface area contributed by atoms with Crippen molar-refractivity contribution in [3.63, 3.8) is 0 Å². The fraction of sp³-hybridized carbons (Fsp3) is 0.467. The summed E-state index contributed by atoms with van der Waals surface area (Å²) in [4.78, 5) is 20.9. The molecule has 8 heteroatoms. The minimum atomic E-state index is -0.899. The van der Waals surface area contributed by atoms with Gasteiger partial charge in [0.2, 0.25) is 0 Å². The number of halogens is 1. The Hall–Kier alpha value is -2.71. The van der Waals surface area contributed by atoms with Gasteiger partial charge in [0, 0.05) is 51.4 Å². The van der Waals surface area contributed by atoms with Gasteiger partial charge in [-0.25, -0.2) is 4.98 Å². The lowest BCUT2D eigenvalue weighted by molar-refractivity contribution is -0.0606. The number of hydrogen-bond acceptors (Lipinski definition) is 5. The maximum atomic E-state index is 14.2. The van der Waals surface area contributed by atoms with E-state index in [0.717, 1.165) is 50.0 Å². The molecule has 1 aliphatic carbocycles. The molecule has 38 heavy (non-hydrogen) atoms. The fourth-order valence-electron chi connectivity index (χ4n) is 6.04. The molecule has 1 aromatic heterocycles. The lowest BCUT2D eigenvalue weighted by Crippen LogP contribution is -2.54. The smallest absolute Gasteiger partial charge is 0.275 e. The lowest BCUT2D eigenvalue weighted by atomic mass is 9.78. The summed E-state index contributed by atoms with van der Waals surface area (Å²) in [5.41, 5.74) is 2.52. The number of amides is 1. The normalized spacial score (nSPS) is 23.6. The van der Waals surface area contributed by atoms with Gasteiger partial charge in [-0.05, 0) is 24.8 Å². The van der Waals surface area contributed by atoms with Crippen LogP contribution < -0.4 is 5.32 Å². The molecule has 0 spiro atoms. The first-order chi connectivity index (χ1) is 18.1. The molecular weight excluding hydrogens is 500 g/mol. The summed E-state index contributed by atoms with van der Waals surface area (Å²) in [5, 5.41) is 15.2. The van der Waals surface area contributed by atoms with Crippen molar-refractivity contribution < 1.29 is 14.6 Å². The number of methoxy groups -OCH3 is 1. The van der Waals surface area contributed by atoms with Crippen LogP contribution in [-0.4, -0.2) is 70.5 Å². The number of aromatic nitrogens is 2. The van der Waals surface area contributed by atoms with E-state index in [4.69, 9.17) is 9.72 Å². The summed E-state index contributed by atoms with van der Waals surface area (Å²) in [6.07, 6.45) is 6.70. The van der Waals surface area contributed by atoms with Crippen molar-refractivity contribution in [2.45, 2.75) is 56.2 Å². The highest BCUT2D eigenvalue weighted by Gasteiger charge is 2.42. The number of nitrogens with one attached hydrogen (secondary N) is 1. The average Bonchev–Trinajstić information content (AvgIpc) is 3.38. The van der Waals surface area contributed by atoms with Gasteiger partial charge >= 0.3 is 0 Å². The van der Waals surface area contributed by atoms with E-state index in [2.05, 4.69) is 22.0 Å². The van der Waals surface area contributed by atoms with Crippen molar-refractivity contribution in [3.8, 4) is 11.3 Å². The van der Waals surface area contributed by atoms with Gasteiger partial charge in [-0.3, -0.25) is 4.79 Å². The van der Waals surface area contributed by atoms with E-state index >= 15 is 0 Å². The summed E-state index contributed by atoms with van der Waals surface area (Å²) in [5.74, 6) is -0.0451. The van der Waals surface area contributed by atoms with E-state index in [-0.39, 0.29) is 30.4 Å². The Balaban J connectivity index is 0.00000336. The lowest BCUT2D eigenvalue weighted by Gasteiger charge is -2.41. The van der Waals surface area contributed by atoms with E-state index in [9.17, 15) is 9.90 Å². The molecule has 1 saturated heterocycles. The second kappa shape index (κ2) is 12.9. The predicted octanol–water partition coefficient (Wildman–Crippen LogP) is 4.51. The van der Waals surface area contributed by atoms with Crippen molar-refractivity contribution in [2.24, 2.45) is 0 Å². The van der Waals surface area contributed by atoms with Crippen molar-refractivity contribution in [2.75, 3.05) is 33.4 Å². The Kier molecular flexibility index (Phi) is 9.60. The van der Waals surface area contributed by atoms with Gasteiger partial charge < -0.3 is 24.6 Å². The van der Waals surface area contributed by atoms with Crippen LogP contribution in [0.4, 0.5) is 0 Å². The zero-order valence-corrected chi connectivity index (χ0v) is 22.9. The predicted molar refractivity (Wildman–Crippen MR) is 152 cm³/mol. The third kappa shape index (κ3) is 5.96. The van der Waals surface area contributed by atoms with Crippen LogP contribution >= 0.6 is 12.4 Å². The van der Waals surface area contributed by atoms with Crippen LogP contribution in [0.15, 0.2) is 67.0 Å². The Morgan fingerprint density at radius 1 is 1.13 bits per heavy atom. The molecule has 2 aliphatic rings. The molecule has 5 rings (SSSR count). The highest BCUT2D eigenvalue weighted by atomic mass is 35.5. The summed E-state index contributed by atoms with van der Waals surface area (Å²) in [6.45, 7) is 2.65. The molecule has 1 unspecified atom stereocenters. The molecule has 2 fully saturated rings. The Labute approximate surface area is 231 Å². The molecule has 2 N–H and O–H groups in total. The van der Waals surface area contributed by atoms with Crippen LogP contribution in [0.3, 0.4) is 0 Å². The summed E-state index contributed by atoms with van der Waals surface area (Å²) >= 11 is 0. The first-order valence-corrected chi connectivity index (χ1v) is 13.5. The summed E-state index contributed by atoms with van der Waals surface area (Å²) < 4.78 is 7.42. The summed E-state index contributed by atoms with van der Waals surface area (Å²) in [7, 11) is 1.67. The second-order valence-corrected chi connectivity index (χ2v) is 10.4. The SMILES string of the molecule is COCCC1(O)CCCC[C@@H]1n1cnc(C(=O)N2CCNC[C@H]2Cc2ccccc2)c1-c1ccccc1.Cl. The van der Waals surface area contributed by atoms with Crippen molar-refractivity contribution in [1.82, 2.24) is 19.8 Å². The number of ether oxygens (including phenoxy) is 1. The number of carbonyl (C=O) groups is 1. The average molecular weight is 539 g/mol. The van der Waals surface area contributed by atoms with Gasteiger partial charge in [0.25, 0.3) is 5.91 Å². The number of imidazole rings is 1. The largest absolute Gasteiger partial charge is 0.388 e. The number of benzene rings is 2. The Morgan fingerprint density at radius 3 is 2.61 bits per heavy atom. The molecule has 2 heterocycles. The maximum absolute atomic E-state index is 14.2. The van der Waals surface area contributed by atoms with E-state index < -0.39 is 5.60 Å². The van der Waals surface area contributed by atoms with E-state index in [1.807, 2.05) is 53.4 Å². The Bertz CT molecular complexity index is 1170. The molecule has 1 amide bonds. The molecule has 3 aromatic rings. The van der Waals surface area contributed by atoms with Crippen LogP contribution in [0.2, 0.25) is 0 Å². The number of piperazine rings is 1. The molecule has 1 saturated carbocycles. The van der Waals surface area contributed by atoms with Gasteiger partial charge in [0.05, 0.1) is 23.7 Å². The van der Waals surface area contributed by atoms with Gasteiger partial charge in [0.15, 0.2) is 5.69 Å². The number of rotatable bonds is 8. The molecular formula is C30H39ClN4O3. The van der Waals surface area contributed by atoms with Gasteiger partial charge in [-0.2, -0.15) is 0 Å². The fourth-order valence-corrected chi connectivity index (χ4v) is 6.04. The first-order valence-electron chi connectivity index (χ1n) is 13.5. The monoisotopic (exact) mass is 538 g/mol. The number of nitrogens with zero attached hydrogens (tertiary/aromatic N) is 3. The number of carbonyl (C=O) groups excluding carboxylic acids is 1. The van der Waals surface area contributed by atoms with Crippen molar-refractivity contribution >= 4 is 18.3 Å². The third-order valence-electron chi connectivity index (χ3n) is 8.00. The Morgan fingerprint density at radius 2 is 1.87 bits per heavy atom.